The van der Waals surface area contributed by atoms with E-state index in [1.807, 2.05) is 0 Å². The van der Waals surface area contributed by atoms with Gasteiger partial charge >= 0.3 is 0 Å². The number of hydrogen-bond donors (Lipinski definition) is 3. The van der Waals surface area contributed by atoms with Gasteiger partial charge in [0.15, 0.2) is 5.84 Å². The molecule has 1 aromatic rings. The molecular weight excluding hydrogens is 329 g/mol. The van der Waals surface area contributed by atoms with Crippen molar-refractivity contribution in [3.63, 3.8) is 0 Å². The number of oxime groups is 1. The van der Waals surface area contributed by atoms with E-state index in [1.165, 1.54) is 12.1 Å². The highest BCUT2D eigenvalue weighted by atomic mass is 79.9. The summed E-state index contributed by atoms with van der Waals surface area (Å²) in [6, 6.07) is 4.36. The second kappa shape index (κ2) is 5.78. The maximum absolute atomic E-state index is 13.7. The lowest BCUT2D eigenvalue weighted by Crippen LogP contribution is -2.45. The van der Waals surface area contributed by atoms with Crippen LogP contribution in [0.2, 0.25) is 0 Å². The van der Waals surface area contributed by atoms with Gasteiger partial charge in [-0.1, -0.05) is 33.9 Å². The predicted octanol–water partition coefficient (Wildman–Crippen LogP) is 2.83. The van der Waals surface area contributed by atoms with E-state index < -0.39 is 17.1 Å². The average molecular weight is 344 g/mol. The SMILES string of the molecule is NC(=NO)C1(C(=O)Nc2ccc(Br)cc2F)CCCC1. The number of rotatable bonds is 3. The molecule has 1 saturated carbocycles. The number of amidine groups is 1. The Balaban J connectivity index is 2.26. The minimum atomic E-state index is -1.05. The van der Waals surface area contributed by atoms with Gasteiger partial charge in [-0.15, -0.1) is 0 Å². The molecule has 0 heterocycles. The molecule has 0 atom stereocenters. The smallest absolute Gasteiger partial charge is 0.238 e. The van der Waals surface area contributed by atoms with E-state index in [1.54, 1.807) is 6.07 Å². The zero-order valence-electron chi connectivity index (χ0n) is 10.7. The lowest BCUT2D eigenvalue weighted by Gasteiger charge is -2.26. The molecule has 1 amide bonds. The highest BCUT2D eigenvalue weighted by molar-refractivity contribution is 9.10. The van der Waals surface area contributed by atoms with Gasteiger partial charge in [0.1, 0.15) is 11.2 Å². The predicted molar refractivity (Wildman–Crippen MR) is 77.0 cm³/mol. The molecule has 0 aliphatic heterocycles. The summed E-state index contributed by atoms with van der Waals surface area (Å²) in [5.41, 5.74) is 4.70. The molecule has 0 unspecified atom stereocenters. The zero-order valence-corrected chi connectivity index (χ0v) is 12.3. The number of hydrogen-bond acceptors (Lipinski definition) is 3. The van der Waals surface area contributed by atoms with Crippen molar-refractivity contribution in [1.29, 1.82) is 0 Å². The van der Waals surface area contributed by atoms with Crippen LogP contribution in [0.3, 0.4) is 0 Å². The summed E-state index contributed by atoms with van der Waals surface area (Å²) in [5.74, 6) is -1.10. The lowest BCUT2D eigenvalue weighted by molar-refractivity contribution is -0.122. The molecule has 0 spiro atoms. The Morgan fingerprint density at radius 3 is 2.65 bits per heavy atom. The van der Waals surface area contributed by atoms with E-state index >= 15 is 0 Å². The van der Waals surface area contributed by atoms with E-state index in [0.29, 0.717) is 17.3 Å². The van der Waals surface area contributed by atoms with Crippen LogP contribution in [0, 0.1) is 11.2 Å². The van der Waals surface area contributed by atoms with Gasteiger partial charge in [0.05, 0.1) is 5.69 Å². The Morgan fingerprint density at radius 2 is 2.10 bits per heavy atom. The molecule has 1 aliphatic rings. The van der Waals surface area contributed by atoms with Crippen LogP contribution in [-0.4, -0.2) is 17.0 Å². The third kappa shape index (κ3) is 2.63. The fourth-order valence-corrected chi connectivity index (χ4v) is 2.84. The molecule has 0 aromatic heterocycles. The van der Waals surface area contributed by atoms with Crippen molar-refractivity contribution in [2.24, 2.45) is 16.3 Å². The normalized spacial score (nSPS) is 18.0. The summed E-state index contributed by atoms with van der Waals surface area (Å²) >= 11 is 3.15. The molecule has 20 heavy (non-hydrogen) atoms. The Morgan fingerprint density at radius 1 is 1.45 bits per heavy atom. The van der Waals surface area contributed by atoms with Crippen LogP contribution in [0.4, 0.5) is 10.1 Å². The third-order valence-electron chi connectivity index (χ3n) is 3.67. The summed E-state index contributed by atoms with van der Waals surface area (Å²) in [7, 11) is 0. The zero-order chi connectivity index (χ0) is 14.8. The molecule has 0 bridgehead atoms. The average Bonchev–Trinajstić information content (AvgIpc) is 2.91. The molecule has 7 heteroatoms. The van der Waals surface area contributed by atoms with E-state index in [2.05, 4.69) is 26.4 Å². The van der Waals surface area contributed by atoms with E-state index in [4.69, 9.17) is 10.9 Å². The molecule has 0 radical (unpaired) electrons. The van der Waals surface area contributed by atoms with Crippen LogP contribution >= 0.6 is 15.9 Å². The van der Waals surface area contributed by atoms with Gasteiger partial charge in [0, 0.05) is 4.47 Å². The number of benzene rings is 1. The van der Waals surface area contributed by atoms with Gasteiger partial charge in [-0.3, -0.25) is 4.79 Å². The summed E-state index contributed by atoms with van der Waals surface area (Å²) in [4.78, 5) is 12.4. The summed E-state index contributed by atoms with van der Waals surface area (Å²) in [6.07, 6.45) is 2.61. The number of amides is 1. The maximum atomic E-state index is 13.7. The Hall–Kier alpha value is -1.63. The minimum Gasteiger partial charge on any atom is -0.409 e. The first-order valence-corrected chi connectivity index (χ1v) is 7.03. The van der Waals surface area contributed by atoms with Gasteiger partial charge in [-0.05, 0) is 31.0 Å². The van der Waals surface area contributed by atoms with Gasteiger partial charge in [-0.2, -0.15) is 0 Å². The fourth-order valence-electron chi connectivity index (χ4n) is 2.51. The van der Waals surface area contributed by atoms with Gasteiger partial charge in [0.2, 0.25) is 5.91 Å². The number of carbonyl (C=O) groups is 1. The van der Waals surface area contributed by atoms with Crippen LogP contribution in [0.25, 0.3) is 0 Å². The number of halogens is 2. The molecule has 0 saturated heterocycles. The van der Waals surface area contributed by atoms with Gasteiger partial charge in [-0.25, -0.2) is 4.39 Å². The first kappa shape index (κ1) is 14.8. The molecule has 108 valence electrons. The third-order valence-corrected chi connectivity index (χ3v) is 4.16. The molecule has 2 rings (SSSR count). The minimum absolute atomic E-state index is 0.0789. The first-order chi connectivity index (χ1) is 9.49. The van der Waals surface area contributed by atoms with Crippen LogP contribution in [0.15, 0.2) is 27.8 Å². The standard InChI is InChI=1S/C13H15BrFN3O2/c14-8-3-4-10(9(15)7-8)17-12(19)13(11(16)18-20)5-1-2-6-13/h3-4,7,20H,1-2,5-6H2,(H2,16,18)(H,17,19). The number of nitrogens with one attached hydrogen (secondary N) is 1. The number of nitrogens with two attached hydrogens (primary N) is 1. The fraction of sp³-hybridized carbons (Fsp3) is 0.385. The summed E-state index contributed by atoms with van der Waals surface area (Å²) < 4.78 is 14.3. The molecule has 1 fully saturated rings. The summed E-state index contributed by atoms with van der Waals surface area (Å²) in [5, 5.41) is 14.4. The van der Waals surface area contributed by atoms with E-state index in [-0.39, 0.29) is 11.5 Å². The van der Waals surface area contributed by atoms with E-state index in [0.717, 1.165) is 12.8 Å². The topological polar surface area (TPSA) is 87.7 Å². The van der Waals surface area contributed by atoms with Crippen molar-refractivity contribution in [3.05, 3.63) is 28.5 Å². The second-order valence-electron chi connectivity index (χ2n) is 4.85. The number of nitrogens with zero attached hydrogens (tertiary/aromatic N) is 1. The molecule has 4 N–H and O–H groups in total. The first-order valence-electron chi connectivity index (χ1n) is 6.24. The largest absolute Gasteiger partial charge is 0.409 e. The van der Waals surface area contributed by atoms with Crippen molar-refractivity contribution in [2.75, 3.05) is 5.32 Å². The molecule has 5 nitrogen and oxygen atoms in total. The number of carbonyl (C=O) groups excluding carboxylic acids is 1. The second-order valence-corrected chi connectivity index (χ2v) is 5.77. The number of anilines is 1. The van der Waals surface area contributed by atoms with Crippen molar-refractivity contribution in [2.45, 2.75) is 25.7 Å². The van der Waals surface area contributed by atoms with Crippen LogP contribution in [-0.2, 0) is 4.79 Å². The van der Waals surface area contributed by atoms with Gasteiger partial charge < -0.3 is 16.3 Å². The Bertz CT molecular complexity index is 557. The monoisotopic (exact) mass is 343 g/mol. The van der Waals surface area contributed by atoms with Gasteiger partial charge in [0.25, 0.3) is 0 Å². The van der Waals surface area contributed by atoms with Crippen molar-refractivity contribution < 1.29 is 14.4 Å². The highest BCUT2D eigenvalue weighted by Gasteiger charge is 2.45. The Labute approximate surface area is 124 Å². The Kier molecular flexibility index (Phi) is 4.27. The maximum Gasteiger partial charge on any atom is 0.238 e. The quantitative estimate of drug-likeness (QED) is 0.341. The molecule has 1 aromatic carbocycles. The van der Waals surface area contributed by atoms with Crippen molar-refractivity contribution in [1.82, 2.24) is 0 Å². The highest BCUT2D eigenvalue weighted by Crippen LogP contribution is 2.39. The molecule has 1 aliphatic carbocycles. The summed E-state index contributed by atoms with van der Waals surface area (Å²) in [6.45, 7) is 0. The molecular formula is C13H15BrFN3O2. The van der Waals surface area contributed by atoms with Crippen LogP contribution < -0.4 is 11.1 Å². The van der Waals surface area contributed by atoms with E-state index in [9.17, 15) is 9.18 Å². The van der Waals surface area contributed by atoms with Crippen molar-refractivity contribution in [3.8, 4) is 0 Å². The van der Waals surface area contributed by atoms with Crippen LogP contribution in [0.5, 0.6) is 0 Å². The van der Waals surface area contributed by atoms with Crippen LogP contribution in [0.1, 0.15) is 25.7 Å². The van der Waals surface area contributed by atoms with Crippen molar-refractivity contribution >= 4 is 33.4 Å². The lowest BCUT2D eigenvalue weighted by atomic mass is 9.83.